The summed E-state index contributed by atoms with van der Waals surface area (Å²) in [5, 5.41) is 11.0. The van der Waals surface area contributed by atoms with E-state index in [1.165, 1.54) is 32.4 Å². The summed E-state index contributed by atoms with van der Waals surface area (Å²) in [6.07, 6.45) is 12.9. The number of aromatic nitrogens is 2. The van der Waals surface area contributed by atoms with E-state index in [0.717, 1.165) is 133 Å². The average molecular weight is 1140 g/mol. The van der Waals surface area contributed by atoms with Gasteiger partial charge < -0.3 is 24.9 Å². The second kappa shape index (κ2) is 33.5. The molecule has 1 aromatic heterocycles. The number of thiol groups is 1. The van der Waals surface area contributed by atoms with Gasteiger partial charge in [0.25, 0.3) is 17.4 Å². The van der Waals surface area contributed by atoms with Crippen LogP contribution in [-0.2, 0) is 20.8 Å². The maximum Gasteiger partial charge on any atom is 0.272 e. The second-order valence-corrected chi connectivity index (χ2v) is 22.5. The van der Waals surface area contributed by atoms with Crippen LogP contribution in [-0.4, -0.2) is 186 Å². The summed E-state index contributed by atoms with van der Waals surface area (Å²) in [4.78, 5) is 88.7. The molecule has 81 heavy (non-hydrogen) atoms. The number of aldehydes is 1. The van der Waals surface area contributed by atoms with Crippen molar-refractivity contribution in [2.75, 3.05) is 105 Å². The van der Waals surface area contributed by atoms with Gasteiger partial charge in [0.1, 0.15) is 11.9 Å². The third-order valence-electron chi connectivity index (χ3n) is 16.0. The van der Waals surface area contributed by atoms with Gasteiger partial charge in [0.2, 0.25) is 11.8 Å². The topological polar surface area (TPSA) is 163 Å². The Morgan fingerprint density at radius 3 is 2.05 bits per heavy atom. The molecule has 4 saturated heterocycles. The fourth-order valence-corrected chi connectivity index (χ4v) is 11.5. The summed E-state index contributed by atoms with van der Waals surface area (Å²) >= 11 is 3.53. The van der Waals surface area contributed by atoms with Crippen LogP contribution in [0.4, 0.5) is 8.78 Å². The zero-order chi connectivity index (χ0) is 59.1. The van der Waals surface area contributed by atoms with Crippen molar-refractivity contribution in [1.82, 2.24) is 44.9 Å². The summed E-state index contributed by atoms with van der Waals surface area (Å²) < 4.78 is 27.8. The molecule has 0 bridgehead atoms. The number of amides is 4. The standard InChI is InChI=1S/C41H64FN7O4.C16H11FN2O2.C3H8.C2H6.CH4S/c1-41(2,42)40(53)49-16-8-13-35(29-49)33-11-7-12-34(27-33)38(51)43-37(32-9-5-4-6-10-32)39(52)48-25-21-46(22-26-48)28-31-14-17-45(18-15-31)30-36(50)47-23-19-44(3)20-24-47;17-14-6-5-10(7-11(14)9-20)8-15-12-3-1-2-4-13(12)16(21)19-18-15;1-3-2;2*1-2/h7,11-12,27,31-32,35,37H,4-6,8-10,13-26,28-30H2,1-3H3,(H,43,51);1-7,9H,8H2,(H,19,21);3H2,1-2H3;1-2H3;2H,1H3. The monoisotopic (exact) mass is 1140 g/mol. The number of nitrogens with zero attached hydrogens (tertiary/aromatic N) is 7. The number of hydrogen-bond donors (Lipinski definition) is 3. The van der Waals surface area contributed by atoms with Crippen molar-refractivity contribution in [1.29, 1.82) is 0 Å². The summed E-state index contributed by atoms with van der Waals surface area (Å²) in [5.41, 5.74) is 0.765. The number of likely N-dealkylation sites (tertiary alicyclic amines) is 2. The number of rotatable bonds is 13. The Balaban J connectivity index is 0.000000355. The highest BCUT2D eigenvalue weighted by Crippen LogP contribution is 2.31. The van der Waals surface area contributed by atoms with Crippen molar-refractivity contribution >= 4 is 53.3 Å². The lowest BCUT2D eigenvalue weighted by Gasteiger charge is -2.41. The molecule has 18 heteroatoms. The van der Waals surface area contributed by atoms with Gasteiger partial charge in [-0.05, 0) is 132 Å². The van der Waals surface area contributed by atoms with E-state index in [4.69, 9.17) is 0 Å². The number of carbonyl (C=O) groups is 5. The lowest BCUT2D eigenvalue weighted by atomic mass is 9.83. The highest BCUT2D eigenvalue weighted by atomic mass is 32.1. The van der Waals surface area contributed by atoms with Crippen molar-refractivity contribution in [2.24, 2.45) is 11.8 Å². The molecule has 2 N–H and O–H groups in total. The first-order chi connectivity index (χ1) is 39.0. The van der Waals surface area contributed by atoms with Gasteiger partial charge in [-0.25, -0.2) is 13.9 Å². The maximum atomic E-state index is 14.5. The molecule has 15 nitrogen and oxygen atoms in total. The van der Waals surface area contributed by atoms with E-state index in [9.17, 15) is 37.5 Å². The quantitative estimate of drug-likeness (QED) is 0.0871. The average Bonchev–Trinajstić information content (AvgIpc) is 3.65. The molecule has 4 aliphatic heterocycles. The highest BCUT2D eigenvalue weighted by Gasteiger charge is 2.37. The van der Waals surface area contributed by atoms with Crippen LogP contribution in [0.5, 0.6) is 0 Å². The molecular weight excluding hydrogens is 1050 g/mol. The SMILES string of the molecule is CC.CCC.CN1CCN(C(=O)CN2CCC(CN3CCN(C(=O)C(NC(=O)c4cccc(C5CCCN(C(=O)C(C)(C)F)C5)c4)C4CCCCC4)CC3)CC2)CC1.CS.O=Cc1cc(Cc2n[nH]c(=O)c3ccccc23)ccc1F. The number of nitrogens with one attached hydrogen (secondary N) is 2. The molecule has 2 atom stereocenters. The fraction of sp³-hybridized carbons (Fsp3) is 0.603. The molecule has 1 aliphatic carbocycles. The molecule has 4 amide bonds. The number of aromatic amines is 1. The van der Waals surface area contributed by atoms with Crippen LogP contribution in [0.25, 0.3) is 10.8 Å². The molecule has 4 aromatic rings. The lowest BCUT2D eigenvalue weighted by Crippen LogP contribution is -2.57. The van der Waals surface area contributed by atoms with Crippen LogP contribution in [0.15, 0.2) is 71.5 Å². The van der Waals surface area contributed by atoms with E-state index in [1.807, 2.05) is 54.0 Å². The third-order valence-corrected chi connectivity index (χ3v) is 16.0. The number of benzene rings is 3. The maximum absolute atomic E-state index is 14.5. The summed E-state index contributed by atoms with van der Waals surface area (Å²) in [7, 11) is 2.11. The summed E-state index contributed by atoms with van der Waals surface area (Å²) in [6, 6.07) is 18.5. The third kappa shape index (κ3) is 19.5. The Morgan fingerprint density at radius 1 is 0.765 bits per heavy atom. The zero-order valence-corrected chi connectivity index (χ0v) is 50.6. The van der Waals surface area contributed by atoms with Crippen LogP contribution in [0.3, 0.4) is 0 Å². The van der Waals surface area contributed by atoms with Crippen LogP contribution >= 0.6 is 12.6 Å². The van der Waals surface area contributed by atoms with Gasteiger partial charge in [-0.15, -0.1) is 0 Å². The first-order valence-electron chi connectivity index (χ1n) is 29.8. The van der Waals surface area contributed by atoms with Crippen LogP contribution in [0.1, 0.15) is 149 Å². The molecule has 5 aliphatic rings. The van der Waals surface area contributed by atoms with Gasteiger partial charge in [0, 0.05) is 95.3 Å². The van der Waals surface area contributed by atoms with E-state index in [-0.39, 0.29) is 40.7 Å². The molecule has 0 radical (unpaired) electrons. The molecule has 1 saturated carbocycles. The number of piperazine rings is 2. The minimum atomic E-state index is -1.91. The zero-order valence-electron chi connectivity index (χ0n) is 49.7. The van der Waals surface area contributed by atoms with Crippen LogP contribution in [0.2, 0.25) is 0 Å². The number of hydrogen-bond acceptors (Lipinski definition) is 11. The Hall–Kier alpha value is -5.56. The molecular formula is C63H93F2N9O6S. The largest absolute Gasteiger partial charge is 0.340 e. The predicted octanol–water partition coefficient (Wildman–Crippen LogP) is 8.90. The predicted molar refractivity (Wildman–Crippen MR) is 323 cm³/mol. The van der Waals surface area contributed by atoms with Crippen molar-refractivity contribution in [3.05, 3.63) is 111 Å². The molecule has 3 aromatic carbocycles. The number of halogens is 2. The summed E-state index contributed by atoms with van der Waals surface area (Å²) in [5.74, 6) is -0.223. The minimum Gasteiger partial charge on any atom is -0.340 e. The van der Waals surface area contributed by atoms with Gasteiger partial charge in [-0.3, -0.25) is 38.6 Å². The number of fused-ring (bicyclic) bond motifs is 1. The number of H-pyrrole nitrogens is 1. The summed E-state index contributed by atoms with van der Waals surface area (Å²) in [6.45, 7) is 21.9. The number of alkyl halides is 1. The minimum absolute atomic E-state index is 0.0150. The first-order valence-corrected chi connectivity index (χ1v) is 30.7. The second-order valence-electron chi connectivity index (χ2n) is 22.5. The van der Waals surface area contributed by atoms with Crippen LogP contribution < -0.4 is 10.9 Å². The van der Waals surface area contributed by atoms with Gasteiger partial charge in [0.05, 0.1) is 23.2 Å². The number of carbonyl (C=O) groups excluding carboxylic acids is 5. The van der Waals surface area contributed by atoms with Gasteiger partial charge in [0.15, 0.2) is 12.0 Å². The molecule has 446 valence electrons. The van der Waals surface area contributed by atoms with E-state index < -0.39 is 23.4 Å². The number of likely N-dealkylation sites (N-methyl/N-ethyl adjacent to an activating group) is 1. The molecule has 5 fully saturated rings. The Morgan fingerprint density at radius 2 is 1.41 bits per heavy atom. The molecule has 2 unspecified atom stereocenters. The van der Waals surface area contributed by atoms with Crippen molar-refractivity contribution in [2.45, 2.75) is 130 Å². The van der Waals surface area contributed by atoms with Gasteiger partial charge in [-0.1, -0.05) is 89.8 Å². The van der Waals surface area contributed by atoms with Gasteiger partial charge >= 0.3 is 0 Å². The van der Waals surface area contributed by atoms with Crippen LogP contribution in [0, 0.1) is 17.7 Å². The van der Waals surface area contributed by atoms with Gasteiger partial charge in [-0.2, -0.15) is 17.7 Å². The lowest BCUT2D eigenvalue weighted by molar-refractivity contribution is -0.143. The van der Waals surface area contributed by atoms with E-state index in [0.29, 0.717) is 68.0 Å². The Kier molecular flexibility index (Phi) is 27.4. The number of piperidine rings is 2. The molecule has 9 rings (SSSR count). The highest BCUT2D eigenvalue weighted by molar-refractivity contribution is 7.79. The van der Waals surface area contributed by atoms with Crippen molar-refractivity contribution < 1.29 is 32.8 Å². The van der Waals surface area contributed by atoms with E-state index >= 15 is 0 Å². The smallest absolute Gasteiger partial charge is 0.272 e. The van der Waals surface area contributed by atoms with E-state index in [2.05, 4.69) is 63.7 Å². The molecule has 5 heterocycles. The fourth-order valence-electron chi connectivity index (χ4n) is 11.5. The van der Waals surface area contributed by atoms with Crippen molar-refractivity contribution in [3.8, 4) is 0 Å². The molecule has 0 spiro atoms. The Bertz CT molecular complexity index is 2670. The first kappa shape index (κ1) is 66.2. The van der Waals surface area contributed by atoms with E-state index in [1.54, 1.807) is 35.4 Å². The van der Waals surface area contributed by atoms with Crippen molar-refractivity contribution in [3.63, 3.8) is 0 Å². The normalized spacial score (nSPS) is 19.0. The Labute approximate surface area is 486 Å².